The first-order valence-corrected chi connectivity index (χ1v) is 10.5. The van der Waals surface area contributed by atoms with Crippen molar-refractivity contribution in [2.45, 2.75) is 45.6 Å². The summed E-state index contributed by atoms with van der Waals surface area (Å²) in [6.45, 7) is 6.65. The molecule has 0 saturated carbocycles. The third-order valence-corrected chi connectivity index (χ3v) is 5.76. The number of hydroxylamine groups is 2. The van der Waals surface area contributed by atoms with Crippen LogP contribution in [0.4, 0.5) is 0 Å². The number of imide groups is 1. The molecule has 2 aliphatic heterocycles. The van der Waals surface area contributed by atoms with E-state index in [0.717, 1.165) is 19.6 Å². The van der Waals surface area contributed by atoms with Gasteiger partial charge in [0.25, 0.3) is 11.8 Å². The van der Waals surface area contributed by atoms with Crippen LogP contribution in [0.15, 0.2) is 0 Å². The van der Waals surface area contributed by atoms with Crippen molar-refractivity contribution < 1.29 is 28.8 Å². The van der Waals surface area contributed by atoms with Gasteiger partial charge in [-0.3, -0.25) is 24.1 Å². The van der Waals surface area contributed by atoms with Gasteiger partial charge in [-0.15, -0.1) is 5.06 Å². The number of piperazine rings is 1. The molecule has 0 spiro atoms. The second-order valence-corrected chi connectivity index (χ2v) is 8.63. The summed E-state index contributed by atoms with van der Waals surface area (Å²) in [7, 11) is 4.05. The number of carbonyl (C=O) groups excluding carboxylic acids is 5. The zero-order valence-electron chi connectivity index (χ0n) is 18.7. The Bertz CT molecular complexity index is 709. The Balaban J connectivity index is 1.65. The highest BCUT2D eigenvalue weighted by atomic mass is 16.8. The van der Waals surface area contributed by atoms with Gasteiger partial charge in [0.1, 0.15) is 0 Å². The van der Waals surface area contributed by atoms with Crippen LogP contribution in [-0.2, 0) is 28.8 Å². The highest BCUT2D eigenvalue weighted by molar-refractivity contribution is 6.01. The molecule has 0 aromatic carbocycles. The van der Waals surface area contributed by atoms with Gasteiger partial charge in [-0.1, -0.05) is 0 Å². The molecule has 1 unspecified atom stereocenters. The van der Waals surface area contributed by atoms with E-state index in [9.17, 15) is 24.0 Å². The maximum atomic E-state index is 12.7. The molecule has 4 amide bonds. The van der Waals surface area contributed by atoms with Crippen molar-refractivity contribution in [3.05, 3.63) is 0 Å². The van der Waals surface area contributed by atoms with Crippen LogP contribution in [0.1, 0.15) is 39.5 Å². The molecule has 0 bridgehead atoms. The summed E-state index contributed by atoms with van der Waals surface area (Å²) in [5.74, 6) is -2.32. The average molecular weight is 447 g/mol. The van der Waals surface area contributed by atoms with Crippen LogP contribution in [0.3, 0.4) is 0 Å². The van der Waals surface area contributed by atoms with Crippen LogP contribution in [0.5, 0.6) is 0 Å². The molecule has 2 N–H and O–H groups in total. The van der Waals surface area contributed by atoms with Gasteiger partial charge in [0.2, 0.25) is 11.8 Å². The molecular weight excluding hydrogens is 414 g/mol. The van der Waals surface area contributed by atoms with Gasteiger partial charge in [0.15, 0.2) is 0 Å². The van der Waals surface area contributed by atoms with E-state index in [2.05, 4.69) is 20.4 Å². The maximum absolute atomic E-state index is 12.7. The van der Waals surface area contributed by atoms with E-state index in [-0.39, 0.29) is 56.6 Å². The summed E-state index contributed by atoms with van der Waals surface area (Å²) >= 11 is 0. The lowest BCUT2D eigenvalue weighted by atomic mass is 9.84. The average Bonchev–Trinajstić information content (AvgIpc) is 3.01. The van der Waals surface area contributed by atoms with Crippen molar-refractivity contribution in [1.82, 2.24) is 25.5 Å². The molecule has 0 aromatic heterocycles. The quantitative estimate of drug-likeness (QED) is 0.258. The first kappa shape index (κ1) is 24.7. The van der Waals surface area contributed by atoms with Crippen LogP contribution in [-0.4, -0.2) is 97.3 Å². The Labute approximate surface area is 182 Å². The van der Waals surface area contributed by atoms with Gasteiger partial charge in [-0.25, -0.2) is 4.79 Å². The van der Waals surface area contributed by atoms with E-state index in [4.69, 9.17) is 4.84 Å². The Hall–Kier alpha value is -2.53. The Morgan fingerprint density at radius 3 is 2.26 bits per heavy atom. The maximum Gasteiger partial charge on any atom is 0.334 e. The Morgan fingerprint density at radius 1 is 1.00 bits per heavy atom. The topological polar surface area (TPSA) is 128 Å². The molecule has 2 heterocycles. The molecule has 1 atom stereocenters. The van der Waals surface area contributed by atoms with Crippen LogP contribution in [0, 0.1) is 5.41 Å². The molecule has 2 rings (SSSR count). The fourth-order valence-electron chi connectivity index (χ4n) is 3.66. The van der Waals surface area contributed by atoms with E-state index in [1.807, 2.05) is 27.9 Å². The number of carbonyl (C=O) groups is 5. The molecule has 0 aromatic rings. The standard InChI is InChI=1S/C20H33N5O6/c1-20(2,14-13-23(3)11-12-24(14)4)19(30)22-9-7-15(26)21-10-8-18(29)31-25-16(27)5-6-17(25)28/h14H,5-13H2,1-4H3,(H,21,26)(H,22,30)/i3+1,4+1,11+1,12+1,18+1,21+1,23+1,24+1. The van der Waals surface area contributed by atoms with Crippen LogP contribution < -0.4 is 10.6 Å². The number of nitrogens with one attached hydrogen (secondary N) is 2. The normalized spacial score (nSPS) is 20.6. The number of rotatable bonds is 9. The van der Waals surface area contributed by atoms with Gasteiger partial charge in [0, 0.05) is 58.0 Å². The molecule has 0 aliphatic carbocycles. The van der Waals surface area contributed by atoms with Gasteiger partial charge >= 0.3 is 5.97 Å². The molecule has 11 nitrogen and oxygen atoms in total. The van der Waals surface area contributed by atoms with Crippen molar-refractivity contribution in [2.24, 2.45) is 5.41 Å². The summed E-state index contributed by atoms with van der Waals surface area (Å²) in [6.07, 6.45) is -0.0533. The van der Waals surface area contributed by atoms with E-state index in [1.165, 1.54) is 0 Å². The van der Waals surface area contributed by atoms with Crippen molar-refractivity contribution in [2.75, 3.05) is 46.8 Å². The highest BCUT2D eigenvalue weighted by Crippen LogP contribution is 2.27. The zero-order chi connectivity index (χ0) is 23.2. The number of likely N-dealkylation sites (N-methyl/N-ethyl adjacent to an activating group) is 2. The SMILES string of the molecule is CC(C)(C(=O)NCCC(=O)[15NH]CC[13C](=O)ON1C(=O)CCC1=O)C1C[15N]([13CH3])[13CH2][13CH2][15N]1[13CH3]. The van der Waals surface area contributed by atoms with Gasteiger partial charge < -0.3 is 20.4 Å². The van der Waals surface area contributed by atoms with E-state index < -0.39 is 23.2 Å². The van der Waals surface area contributed by atoms with Crippen LogP contribution in [0.2, 0.25) is 0 Å². The van der Waals surface area contributed by atoms with E-state index in [0.29, 0.717) is 5.06 Å². The number of amides is 4. The molecule has 2 saturated heterocycles. The largest absolute Gasteiger partial charge is 0.355 e. The minimum atomic E-state index is -0.777. The van der Waals surface area contributed by atoms with Crippen molar-refractivity contribution in [1.29, 1.82) is 0 Å². The van der Waals surface area contributed by atoms with E-state index >= 15 is 0 Å². The lowest BCUT2D eigenvalue weighted by Crippen LogP contribution is -2.60. The smallest absolute Gasteiger partial charge is 0.334 e. The second kappa shape index (κ2) is 10.7. The van der Waals surface area contributed by atoms with Crippen LogP contribution in [0.25, 0.3) is 0 Å². The summed E-state index contributed by atoms with van der Waals surface area (Å²) in [5.41, 5.74) is -0.617. The highest BCUT2D eigenvalue weighted by Gasteiger charge is 2.41. The molecule has 2 aliphatic rings. The third kappa shape index (κ3) is 6.73. The molecule has 0 radical (unpaired) electrons. The third-order valence-electron chi connectivity index (χ3n) is 5.76. The predicted molar refractivity (Wildman–Crippen MR) is 110 cm³/mol. The summed E-state index contributed by atoms with van der Waals surface area (Å²) in [6, 6.07) is 0.0699. The molecular formula is C20H33N5O6. The summed E-state index contributed by atoms with van der Waals surface area (Å²) in [4.78, 5) is 68.3. The molecule has 31 heavy (non-hydrogen) atoms. The predicted octanol–water partition coefficient (Wildman–Crippen LogP) is -1.12. The lowest BCUT2D eigenvalue weighted by Gasteiger charge is -2.45. The van der Waals surface area contributed by atoms with Crippen molar-refractivity contribution in [3.8, 4) is 0 Å². The minimum absolute atomic E-state index is 0.00648. The van der Waals surface area contributed by atoms with Crippen molar-refractivity contribution >= 4 is 29.6 Å². The first-order chi connectivity index (χ1) is 14.5. The minimum Gasteiger partial charge on any atom is -0.355 e. The molecule has 2 fully saturated rings. The summed E-state index contributed by atoms with van der Waals surface area (Å²) in [5, 5.41) is 5.86. The van der Waals surface area contributed by atoms with Gasteiger partial charge in [-0.05, 0) is 27.9 Å². The van der Waals surface area contributed by atoms with Crippen molar-refractivity contribution in [3.63, 3.8) is 0 Å². The van der Waals surface area contributed by atoms with Crippen LogP contribution >= 0.6 is 0 Å². The zero-order valence-corrected chi connectivity index (χ0v) is 18.7. The second-order valence-electron chi connectivity index (χ2n) is 8.63. The Morgan fingerprint density at radius 2 is 1.61 bits per heavy atom. The molecule has 11 heteroatoms. The lowest BCUT2D eigenvalue weighted by molar-refractivity contribution is -0.197. The number of hydrogen-bond acceptors (Lipinski definition) is 8. The summed E-state index contributed by atoms with van der Waals surface area (Å²) < 4.78 is 0. The number of hydrogen-bond donors (Lipinski definition) is 2. The Kier molecular flexibility index (Phi) is 8.52. The molecule has 174 valence electrons. The fraction of sp³-hybridized carbons (Fsp3) is 0.750. The van der Waals surface area contributed by atoms with Gasteiger partial charge in [0.05, 0.1) is 11.8 Å². The first-order valence-electron chi connectivity index (χ1n) is 10.5. The van der Waals surface area contributed by atoms with Gasteiger partial charge in [-0.2, -0.15) is 0 Å². The number of nitrogens with zero attached hydrogens (tertiary/aromatic N) is 3. The van der Waals surface area contributed by atoms with E-state index in [1.54, 1.807) is 0 Å². The fourth-order valence-corrected chi connectivity index (χ4v) is 3.66. The monoisotopic (exact) mass is 447 g/mol.